The molecule has 0 saturated carbocycles. The zero-order chi connectivity index (χ0) is 19.9. The third-order valence-corrected chi connectivity index (χ3v) is 4.57. The minimum absolute atomic E-state index is 0.104. The molecular formula is C16H12F4N4O2S. The van der Waals surface area contributed by atoms with Gasteiger partial charge in [0.05, 0.1) is 5.69 Å². The predicted molar refractivity (Wildman–Crippen MR) is 87.8 cm³/mol. The average molecular weight is 400 g/mol. The zero-order valence-electron chi connectivity index (χ0n) is 13.7. The van der Waals surface area contributed by atoms with E-state index >= 15 is 0 Å². The van der Waals surface area contributed by atoms with E-state index in [1.54, 1.807) is 19.1 Å². The molecule has 0 radical (unpaired) electrons. The van der Waals surface area contributed by atoms with E-state index in [4.69, 9.17) is 5.14 Å². The van der Waals surface area contributed by atoms with Crippen LogP contribution < -0.4 is 5.14 Å². The maximum absolute atomic E-state index is 14.5. The molecule has 11 heteroatoms. The Bertz CT molecular complexity index is 1130. The zero-order valence-corrected chi connectivity index (χ0v) is 14.5. The molecule has 3 rings (SSSR count). The maximum atomic E-state index is 14.5. The second kappa shape index (κ2) is 6.74. The minimum Gasteiger partial charge on any atom is -0.234 e. The highest BCUT2D eigenvalue weighted by atomic mass is 32.2. The van der Waals surface area contributed by atoms with Gasteiger partial charge in [0, 0.05) is 11.3 Å². The molecule has 2 aromatic heterocycles. The van der Waals surface area contributed by atoms with E-state index in [1.807, 2.05) is 0 Å². The Morgan fingerprint density at radius 2 is 1.81 bits per heavy atom. The SMILES string of the molecule is Cc1cccc(-n2nc(C(F)F)cc2-c2cc(F)c(S(N)(=O)=O)cc2F)n1. The highest BCUT2D eigenvalue weighted by molar-refractivity contribution is 7.89. The van der Waals surface area contributed by atoms with E-state index in [0.717, 1.165) is 10.7 Å². The summed E-state index contributed by atoms with van der Waals surface area (Å²) in [5, 5.41) is 8.55. The number of alkyl halides is 2. The monoisotopic (exact) mass is 400 g/mol. The van der Waals surface area contributed by atoms with Gasteiger partial charge in [0.2, 0.25) is 10.0 Å². The molecule has 0 spiro atoms. The first-order valence-corrected chi connectivity index (χ1v) is 8.97. The first-order valence-electron chi connectivity index (χ1n) is 7.42. The van der Waals surface area contributed by atoms with Crippen molar-refractivity contribution in [3.8, 4) is 17.1 Å². The van der Waals surface area contributed by atoms with Gasteiger partial charge in [-0.1, -0.05) is 6.07 Å². The first-order chi connectivity index (χ1) is 12.6. The summed E-state index contributed by atoms with van der Waals surface area (Å²) in [6, 6.07) is 6.53. The predicted octanol–water partition coefficient (Wildman–Crippen LogP) is 3.11. The molecule has 0 fully saturated rings. The van der Waals surface area contributed by atoms with Gasteiger partial charge in [-0.2, -0.15) is 5.10 Å². The molecular weight excluding hydrogens is 388 g/mol. The van der Waals surface area contributed by atoms with Crippen molar-refractivity contribution in [3.63, 3.8) is 0 Å². The van der Waals surface area contributed by atoms with Gasteiger partial charge in [-0.05, 0) is 37.3 Å². The van der Waals surface area contributed by atoms with Gasteiger partial charge < -0.3 is 0 Å². The summed E-state index contributed by atoms with van der Waals surface area (Å²) in [5.41, 5.74) is -0.823. The van der Waals surface area contributed by atoms with E-state index in [2.05, 4.69) is 10.1 Å². The second-order valence-corrected chi connectivity index (χ2v) is 7.14. The molecule has 0 atom stereocenters. The highest BCUT2D eigenvalue weighted by Gasteiger charge is 2.24. The summed E-state index contributed by atoms with van der Waals surface area (Å²) in [6.07, 6.45) is -2.97. The number of halogens is 4. The maximum Gasteiger partial charge on any atom is 0.282 e. The van der Waals surface area contributed by atoms with Crippen LogP contribution >= 0.6 is 0 Å². The number of sulfonamides is 1. The normalized spacial score (nSPS) is 12.0. The first kappa shape index (κ1) is 19.0. The fourth-order valence-corrected chi connectivity index (χ4v) is 3.06. The number of aromatic nitrogens is 3. The third kappa shape index (κ3) is 3.69. The van der Waals surface area contributed by atoms with Gasteiger partial charge in [0.1, 0.15) is 22.2 Å². The number of hydrogen-bond acceptors (Lipinski definition) is 4. The molecule has 6 nitrogen and oxygen atoms in total. The lowest BCUT2D eigenvalue weighted by atomic mass is 10.1. The Labute approximate surface area is 151 Å². The number of aryl methyl sites for hydroxylation is 1. The number of nitrogens with zero attached hydrogens (tertiary/aromatic N) is 3. The van der Waals surface area contributed by atoms with Crippen LogP contribution in [0.15, 0.2) is 41.3 Å². The van der Waals surface area contributed by atoms with Gasteiger partial charge in [0.25, 0.3) is 6.43 Å². The molecule has 0 saturated heterocycles. The Kier molecular flexibility index (Phi) is 4.74. The number of primary sulfonamides is 1. The summed E-state index contributed by atoms with van der Waals surface area (Å²) in [6.45, 7) is 1.65. The van der Waals surface area contributed by atoms with Crippen LogP contribution in [0.3, 0.4) is 0 Å². The van der Waals surface area contributed by atoms with Gasteiger partial charge >= 0.3 is 0 Å². The summed E-state index contributed by atoms with van der Waals surface area (Å²) in [5.74, 6) is -2.39. The lowest BCUT2D eigenvalue weighted by Gasteiger charge is -2.10. The lowest BCUT2D eigenvalue weighted by Crippen LogP contribution is -2.15. The third-order valence-electron chi connectivity index (χ3n) is 3.65. The second-order valence-electron chi connectivity index (χ2n) is 5.61. The van der Waals surface area contributed by atoms with Gasteiger partial charge in [0.15, 0.2) is 5.82 Å². The fraction of sp³-hybridized carbons (Fsp3) is 0.125. The summed E-state index contributed by atoms with van der Waals surface area (Å²) in [7, 11) is -4.50. The van der Waals surface area contributed by atoms with Crippen molar-refractivity contribution >= 4 is 10.0 Å². The number of pyridine rings is 1. The van der Waals surface area contributed by atoms with Crippen LogP contribution in [0.1, 0.15) is 17.8 Å². The van der Waals surface area contributed by atoms with Crippen LogP contribution in [-0.4, -0.2) is 23.2 Å². The van der Waals surface area contributed by atoms with Crippen molar-refractivity contribution < 1.29 is 26.0 Å². The van der Waals surface area contributed by atoms with Crippen LogP contribution in [0.25, 0.3) is 17.1 Å². The summed E-state index contributed by atoms with van der Waals surface area (Å²) >= 11 is 0. The number of benzene rings is 1. The Morgan fingerprint density at radius 1 is 1.11 bits per heavy atom. The largest absolute Gasteiger partial charge is 0.282 e. The van der Waals surface area contributed by atoms with Crippen molar-refractivity contribution in [2.75, 3.05) is 0 Å². The van der Waals surface area contributed by atoms with Crippen LogP contribution in [0.4, 0.5) is 17.6 Å². The van der Waals surface area contributed by atoms with Crippen molar-refractivity contribution in [2.45, 2.75) is 18.2 Å². The molecule has 0 amide bonds. The average Bonchev–Trinajstić information content (AvgIpc) is 3.01. The number of rotatable bonds is 4. The van der Waals surface area contributed by atoms with E-state index < -0.39 is 44.2 Å². The molecule has 142 valence electrons. The van der Waals surface area contributed by atoms with Crippen LogP contribution in [-0.2, 0) is 10.0 Å². The topological polar surface area (TPSA) is 90.9 Å². The molecule has 27 heavy (non-hydrogen) atoms. The van der Waals surface area contributed by atoms with E-state index in [9.17, 15) is 26.0 Å². The van der Waals surface area contributed by atoms with E-state index in [0.29, 0.717) is 17.8 Å². The quantitative estimate of drug-likeness (QED) is 0.682. The van der Waals surface area contributed by atoms with E-state index in [1.165, 1.54) is 6.07 Å². The molecule has 3 aromatic rings. The molecule has 0 aliphatic rings. The molecule has 0 aliphatic heterocycles. The van der Waals surface area contributed by atoms with Gasteiger partial charge in [-0.25, -0.2) is 40.8 Å². The standard InChI is InChI=1S/C16H12F4N4O2S/c1-8-3-2-4-15(22-8)24-13(7-12(23-24)16(19)20)9-5-11(18)14(6-10(9)17)27(21,25)26/h2-7,16H,1H3,(H2,21,25,26). The van der Waals surface area contributed by atoms with Crippen LogP contribution in [0.2, 0.25) is 0 Å². The molecule has 0 unspecified atom stereocenters. The van der Waals surface area contributed by atoms with Crippen molar-refractivity contribution in [1.29, 1.82) is 0 Å². The van der Waals surface area contributed by atoms with E-state index in [-0.39, 0.29) is 11.5 Å². The molecule has 2 heterocycles. The van der Waals surface area contributed by atoms with Gasteiger partial charge in [-0.3, -0.25) is 0 Å². The molecule has 2 N–H and O–H groups in total. The van der Waals surface area contributed by atoms with Crippen LogP contribution in [0.5, 0.6) is 0 Å². The fourth-order valence-electron chi connectivity index (χ4n) is 2.46. The van der Waals surface area contributed by atoms with Crippen molar-refractivity contribution in [2.24, 2.45) is 5.14 Å². The summed E-state index contributed by atoms with van der Waals surface area (Å²) < 4.78 is 78.4. The summed E-state index contributed by atoms with van der Waals surface area (Å²) in [4.78, 5) is 3.09. The Morgan fingerprint density at radius 3 is 2.41 bits per heavy atom. The highest BCUT2D eigenvalue weighted by Crippen LogP contribution is 2.31. The molecule has 0 bridgehead atoms. The minimum atomic E-state index is -4.50. The number of nitrogens with two attached hydrogens (primary N) is 1. The number of hydrogen-bond donors (Lipinski definition) is 1. The smallest absolute Gasteiger partial charge is 0.234 e. The Balaban J connectivity index is 2.27. The molecule has 0 aliphatic carbocycles. The van der Waals surface area contributed by atoms with Gasteiger partial charge in [-0.15, -0.1) is 0 Å². The van der Waals surface area contributed by atoms with Crippen LogP contribution in [0, 0.1) is 18.6 Å². The Hall–Kier alpha value is -2.79. The lowest BCUT2D eigenvalue weighted by molar-refractivity contribution is 0.145. The molecule has 1 aromatic carbocycles. The van der Waals surface area contributed by atoms with Crippen molar-refractivity contribution in [3.05, 3.63) is 59.4 Å². The van der Waals surface area contributed by atoms with Crippen molar-refractivity contribution in [1.82, 2.24) is 14.8 Å².